The Labute approximate surface area is 249 Å². The molecule has 2 saturated carbocycles. The van der Waals surface area contributed by atoms with Crippen molar-refractivity contribution in [2.45, 2.75) is 101 Å². The van der Waals surface area contributed by atoms with Gasteiger partial charge in [0.1, 0.15) is 12.1 Å². The van der Waals surface area contributed by atoms with Gasteiger partial charge in [-0.25, -0.2) is 13.6 Å². The number of hydrogen-bond acceptors (Lipinski definition) is 6. The molecular formula is C28H36F6N4O6. The summed E-state index contributed by atoms with van der Waals surface area (Å²) >= 11 is 0. The summed E-state index contributed by atoms with van der Waals surface area (Å²) in [7, 11) is 0. The van der Waals surface area contributed by atoms with E-state index in [0.29, 0.717) is 31.9 Å². The van der Waals surface area contributed by atoms with E-state index in [0.717, 1.165) is 11.3 Å². The van der Waals surface area contributed by atoms with Crippen molar-refractivity contribution in [1.29, 1.82) is 0 Å². The fraction of sp³-hybridized carbons (Fsp3) is 0.750. The first-order valence-corrected chi connectivity index (χ1v) is 14.8. The molecule has 5 aliphatic rings. The molecule has 3 N–H and O–H groups in total. The third-order valence-electron chi connectivity index (χ3n) is 8.96. The van der Waals surface area contributed by atoms with Crippen LogP contribution in [-0.4, -0.2) is 83.9 Å². The maximum Gasteiger partial charge on any atom is 0.471 e. The van der Waals surface area contributed by atoms with Gasteiger partial charge in [-0.15, -0.1) is 0 Å². The fourth-order valence-electron chi connectivity index (χ4n) is 6.59. The van der Waals surface area contributed by atoms with Gasteiger partial charge < -0.3 is 25.6 Å². The molecule has 5 fully saturated rings. The van der Waals surface area contributed by atoms with Gasteiger partial charge in [0.25, 0.3) is 5.92 Å². The van der Waals surface area contributed by atoms with Crippen LogP contribution in [0.5, 0.6) is 0 Å². The molecule has 246 valence electrons. The molecule has 0 radical (unpaired) electrons. The van der Waals surface area contributed by atoms with Crippen LogP contribution in [0.1, 0.15) is 64.7 Å². The Morgan fingerprint density at radius 2 is 1.80 bits per heavy atom. The number of carbonyl (C=O) groups is 5. The van der Waals surface area contributed by atoms with Gasteiger partial charge in [0, 0.05) is 24.9 Å². The number of nitrogens with zero attached hydrogens (tertiary/aromatic N) is 1. The van der Waals surface area contributed by atoms with E-state index in [1.165, 1.54) is 6.92 Å². The molecule has 0 spiro atoms. The first kappa shape index (κ1) is 33.6. The van der Waals surface area contributed by atoms with Gasteiger partial charge >= 0.3 is 18.1 Å². The van der Waals surface area contributed by atoms with Gasteiger partial charge in [-0.2, -0.15) is 17.6 Å². The standard InChI is InChI=1S/C28H36F6N4O6/c1-2-44-25(42)19(29)12-16(11-15-8-9-35-22(15)39)36-23(40)21-18-7-6-17(13-27(18,30)31)38(21)24(41)20(10-14-4-3-5-14)37-26(43)28(32,33)34/h12,14-18,20-21H,2-11,13H2,1H3,(H,35,39)(H,36,40)(H,37,43)/b19-12+/t15-,16+,17+,18+,20-,21+/m0/s1. The molecule has 3 saturated heterocycles. The first-order valence-electron chi connectivity index (χ1n) is 14.8. The molecule has 6 atom stereocenters. The molecule has 2 bridgehead atoms. The monoisotopic (exact) mass is 638 g/mol. The molecule has 2 aliphatic carbocycles. The van der Waals surface area contributed by atoms with E-state index in [1.54, 1.807) is 5.32 Å². The Morgan fingerprint density at radius 3 is 2.34 bits per heavy atom. The molecule has 10 nitrogen and oxygen atoms in total. The maximum absolute atomic E-state index is 15.2. The number of halogens is 6. The van der Waals surface area contributed by atoms with Crippen LogP contribution in [0.15, 0.2) is 11.9 Å². The van der Waals surface area contributed by atoms with Crippen LogP contribution in [0.2, 0.25) is 0 Å². The summed E-state index contributed by atoms with van der Waals surface area (Å²) in [5, 5.41) is 6.69. The summed E-state index contributed by atoms with van der Waals surface area (Å²) in [6, 6.07) is -6.15. The Morgan fingerprint density at radius 1 is 1.09 bits per heavy atom. The number of carbonyl (C=O) groups excluding carboxylic acids is 5. The van der Waals surface area contributed by atoms with Gasteiger partial charge in [0.05, 0.1) is 18.6 Å². The number of rotatable bonds is 11. The summed E-state index contributed by atoms with van der Waals surface area (Å²) < 4.78 is 89.1. The van der Waals surface area contributed by atoms with Crippen LogP contribution in [0.4, 0.5) is 26.3 Å². The van der Waals surface area contributed by atoms with Crippen LogP contribution in [0.3, 0.4) is 0 Å². The van der Waals surface area contributed by atoms with E-state index in [9.17, 15) is 41.5 Å². The molecular weight excluding hydrogens is 602 g/mol. The number of ether oxygens (including phenoxy) is 1. The zero-order valence-corrected chi connectivity index (χ0v) is 24.1. The Hall–Kier alpha value is -3.33. The van der Waals surface area contributed by atoms with Crippen LogP contribution >= 0.6 is 0 Å². The lowest BCUT2D eigenvalue weighted by Gasteiger charge is -2.54. The second kappa shape index (κ2) is 13.3. The van der Waals surface area contributed by atoms with Crippen molar-refractivity contribution in [1.82, 2.24) is 20.9 Å². The summed E-state index contributed by atoms with van der Waals surface area (Å²) in [6.07, 6.45) is -3.60. The number of hydrogen-bond donors (Lipinski definition) is 3. The molecule has 3 heterocycles. The van der Waals surface area contributed by atoms with E-state index in [2.05, 4.69) is 15.4 Å². The third-order valence-corrected chi connectivity index (χ3v) is 8.96. The van der Waals surface area contributed by atoms with E-state index in [1.807, 2.05) is 0 Å². The minimum atomic E-state index is -5.31. The number of piperidine rings is 2. The molecule has 0 unspecified atom stereocenters. The van der Waals surface area contributed by atoms with Gasteiger partial charge in [0.2, 0.25) is 23.5 Å². The van der Waals surface area contributed by atoms with E-state index < -0.39 is 89.9 Å². The van der Waals surface area contributed by atoms with E-state index in [-0.39, 0.29) is 38.2 Å². The zero-order valence-electron chi connectivity index (χ0n) is 24.1. The summed E-state index contributed by atoms with van der Waals surface area (Å²) in [4.78, 5) is 64.4. The minimum absolute atomic E-state index is 0.0577. The van der Waals surface area contributed by atoms with Crippen LogP contribution in [-0.2, 0) is 28.7 Å². The van der Waals surface area contributed by atoms with E-state index in [4.69, 9.17) is 0 Å². The van der Waals surface area contributed by atoms with Crippen molar-refractivity contribution in [2.75, 3.05) is 13.2 Å². The van der Waals surface area contributed by atoms with Crippen molar-refractivity contribution >= 4 is 29.6 Å². The summed E-state index contributed by atoms with van der Waals surface area (Å²) in [6.45, 7) is 1.58. The Bertz CT molecular complexity index is 1180. The molecule has 0 aromatic rings. The van der Waals surface area contributed by atoms with E-state index >= 15 is 8.78 Å². The largest absolute Gasteiger partial charge is 0.471 e. The number of nitrogens with one attached hydrogen (secondary N) is 3. The average Bonchev–Trinajstić information content (AvgIpc) is 3.31. The highest BCUT2D eigenvalue weighted by Crippen LogP contribution is 2.49. The Balaban J connectivity index is 1.64. The Kier molecular flexibility index (Phi) is 10.2. The molecule has 4 amide bonds. The normalized spacial score (nSPS) is 28.0. The second-order valence-corrected chi connectivity index (χ2v) is 11.9. The topological polar surface area (TPSA) is 134 Å². The van der Waals surface area contributed by atoms with Gasteiger partial charge in [-0.1, -0.05) is 19.3 Å². The SMILES string of the molecule is CCOC(=O)/C(F)=C\[C@@H](C[C@@H]1CCNC1=O)NC(=O)[C@H]1[C@H]2CC[C@H](CC2(F)F)N1C(=O)[C@H](CC1CCC1)NC(=O)C(F)(F)F. The predicted octanol–water partition coefficient (Wildman–Crippen LogP) is 2.67. The molecule has 3 aliphatic heterocycles. The van der Waals surface area contributed by atoms with Crippen LogP contribution in [0, 0.1) is 17.8 Å². The molecule has 16 heteroatoms. The average molecular weight is 639 g/mol. The van der Waals surface area contributed by atoms with Crippen molar-refractivity contribution in [3.05, 3.63) is 11.9 Å². The lowest BCUT2D eigenvalue weighted by Crippen LogP contribution is -2.71. The molecule has 0 aromatic carbocycles. The fourth-order valence-corrected chi connectivity index (χ4v) is 6.59. The van der Waals surface area contributed by atoms with Crippen LogP contribution < -0.4 is 16.0 Å². The molecule has 0 aromatic heterocycles. The smallest absolute Gasteiger partial charge is 0.461 e. The van der Waals surface area contributed by atoms with Gasteiger partial charge in [-0.3, -0.25) is 19.2 Å². The number of fused-ring (bicyclic) bond motifs is 3. The van der Waals surface area contributed by atoms with Gasteiger partial charge in [0.15, 0.2) is 0 Å². The van der Waals surface area contributed by atoms with Crippen molar-refractivity contribution < 1.29 is 55.1 Å². The number of esters is 1. The lowest BCUT2D eigenvalue weighted by atomic mass is 9.71. The highest BCUT2D eigenvalue weighted by molar-refractivity contribution is 5.94. The zero-order chi connectivity index (χ0) is 32.4. The molecule has 5 rings (SSSR count). The maximum atomic E-state index is 15.2. The quantitative estimate of drug-likeness (QED) is 0.181. The number of alkyl halides is 5. The third kappa shape index (κ3) is 7.48. The summed E-state index contributed by atoms with van der Waals surface area (Å²) in [5.41, 5.74) is 0. The molecule has 44 heavy (non-hydrogen) atoms. The van der Waals surface area contributed by atoms with Crippen molar-refractivity contribution in [3.63, 3.8) is 0 Å². The van der Waals surface area contributed by atoms with Crippen molar-refractivity contribution in [2.24, 2.45) is 17.8 Å². The van der Waals surface area contributed by atoms with Gasteiger partial charge in [-0.05, 0) is 51.0 Å². The number of amides is 4. The predicted molar refractivity (Wildman–Crippen MR) is 140 cm³/mol. The summed E-state index contributed by atoms with van der Waals surface area (Å²) in [5.74, 6) is -13.7. The van der Waals surface area contributed by atoms with Crippen LogP contribution in [0.25, 0.3) is 0 Å². The second-order valence-electron chi connectivity index (χ2n) is 11.9. The highest BCUT2D eigenvalue weighted by Gasteiger charge is 2.61. The first-order chi connectivity index (χ1) is 20.6. The lowest BCUT2D eigenvalue weighted by molar-refractivity contribution is -0.196. The highest BCUT2D eigenvalue weighted by atomic mass is 19.4. The minimum Gasteiger partial charge on any atom is -0.461 e. The van der Waals surface area contributed by atoms with Crippen molar-refractivity contribution in [3.8, 4) is 0 Å².